The zero-order valence-electron chi connectivity index (χ0n) is 14.3. The van der Waals surface area contributed by atoms with Gasteiger partial charge in [0.2, 0.25) is 0 Å². The van der Waals surface area contributed by atoms with E-state index < -0.39 is 0 Å². The van der Waals surface area contributed by atoms with Crippen LogP contribution in [0.2, 0.25) is 0 Å². The minimum atomic E-state index is 0.565. The van der Waals surface area contributed by atoms with Crippen LogP contribution in [0.4, 0.5) is 0 Å². The van der Waals surface area contributed by atoms with Crippen molar-refractivity contribution in [3.8, 4) is 6.07 Å². The van der Waals surface area contributed by atoms with Gasteiger partial charge in [-0.1, -0.05) is 37.5 Å². The summed E-state index contributed by atoms with van der Waals surface area (Å²) in [5, 5.41) is 8.94. The molecular formula is C22H29N. The molecule has 1 nitrogen and oxygen atoms in total. The summed E-state index contributed by atoms with van der Waals surface area (Å²) >= 11 is 0. The van der Waals surface area contributed by atoms with Gasteiger partial charge in [0.05, 0.1) is 11.6 Å². The third kappa shape index (κ3) is 3.52. The number of benzene rings is 1. The van der Waals surface area contributed by atoms with Crippen LogP contribution in [0.5, 0.6) is 0 Å². The van der Waals surface area contributed by atoms with Crippen molar-refractivity contribution in [1.82, 2.24) is 0 Å². The maximum absolute atomic E-state index is 8.94. The molecule has 1 aromatic carbocycles. The molecule has 23 heavy (non-hydrogen) atoms. The molecule has 2 fully saturated rings. The molecule has 0 radical (unpaired) electrons. The molecule has 2 saturated carbocycles. The summed E-state index contributed by atoms with van der Waals surface area (Å²) in [6.45, 7) is 4.05. The molecule has 0 spiro atoms. The topological polar surface area (TPSA) is 23.8 Å². The Hall–Kier alpha value is -1.55. The van der Waals surface area contributed by atoms with E-state index in [4.69, 9.17) is 5.26 Å². The molecule has 122 valence electrons. The van der Waals surface area contributed by atoms with Gasteiger partial charge in [-0.05, 0) is 79.9 Å². The summed E-state index contributed by atoms with van der Waals surface area (Å²) in [5.41, 5.74) is 2.77. The normalized spacial score (nSPS) is 27.1. The second-order valence-electron chi connectivity index (χ2n) is 7.70. The lowest BCUT2D eigenvalue weighted by molar-refractivity contribution is 0.0657. The lowest BCUT2D eigenvalue weighted by Crippen LogP contribution is -2.35. The number of nitriles is 1. The van der Waals surface area contributed by atoms with Gasteiger partial charge in [0.25, 0.3) is 0 Å². The molecule has 0 heterocycles. The molecule has 0 amide bonds. The third-order valence-electron chi connectivity index (χ3n) is 6.50. The van der Waals surface area contributed by atoms with Gasteiger partial charge in [-0.25, -0.2) is 0 Å². The average Bonchev–Trinajstić information content (AvgIpc) is 2.63. The van der Waals surface area contributed by atoms with Crippen LogP contribution in [-0.4, -0.2) is 0 Å². The van der Waals surface area contributed by atoms with Crippen molar-refractivity contribution in [3.05, 3.63) is 48.0 Å². The van der Waals surface area contributed by atoms with E-state index in [-0.39, 0.29) is 0 Å². The summed E-state index contributed by atoms with van der Waals surface area (Å²) in [6.07, 6.45) is 15.9. The highest BCUT2D eigenvalue weighted by atomic mass is 14.4. The maximum atomic E-state index is 8.94. The second kappa shape index (κ2) is 7.35. The van der Waals surface area contributed by atoms with Crippen molar-refractivity contribution in [2.45, 2.75) is 70.1 Å². The average molecular weight is 307 g/mol. The highest BCUT2D eigenvalue weighted by Gasteiger charge is 2.40. The molecule has 1 aromatic rings. The van der Waals surface area contributed by atoms with Gasteiger partial charge in [-0.3, -0.25) is 0 Å². The van der Waals surface area contributed by atoms with Gasteiger partial charge in [-0.2, -0.15) is 5.26 Å². The first-order valence-electron chi connectivity index (χ1n) is 9.38. The monoisotopic (exact) mass is 307 g/mol. The van der Waals surface area contributed by atoms with Crippen molar-refractivity contribution in [1.29, 1.82) is 5.26 Å². The van der Waals surface area contributed by atoms with E-state index in [9.17, 15) is 0 Å². The minimum absolute atomic E-state index is 0.565. The summed E-state index contributed by atoms with van der Waals surface area (Å²) < 4.78 is 0. The van der Waals surface area contributed by atoms with Crippen LogP contribution >= 0.6 is 0 Å². The summed E-state index contributed by atoms with van der Waals surface area (Å²) in [6, 6.07) is 10.5. The highest BCUT2D eigenvalue weighted by molar-refractivity contribution is 5.33. The molecule has 0 aromatic heterocycles. The van der Waals surface area contributed by atoms with E-state index in [0.29, 0.717) is 11.3 Å². The second-order valence-corrected chi connectivity index (χ2v) is 7.70. The van der Waals surface area contributed by atoms with Gasteiger partial charge in [-0.15, -0.1) is 6.58 Å². The molecular weight excluding hydrogens is 278 g/mol. The lowest BCUT2D eigenvalue weighted by Gasteiger charge is -2.46. The standard InChI is InChI=1S/C22H29N/c1-2-14-22(15-4-3-5-16-22)21-12-10-20(11-13-21)19-8-6-18(17-23)7-9-19/h2,6-9,20-21H,1,3-5,10-16H2/t20-,21-. The molecule has 0 atom stereocenters. The lowest BCUT2D eigenvalue weighted by atomic mass is 9.59. The van der Waals surface area contributed by atoms with E-state index in [1.807, 2.05) is 12.1 Å². The maximum Gasteiger partial charge on any atom is 0.0991 e. The van der Waals surface area contributed by atoms with E-state index in [1.165, 1.54) is 69.8 Å². The van der Waals surface area contributed by atoms with Gasteiger partial charge >= 0.3 is 0 Å². The van der Waals surface area contributed by atoms with Gasteiger partial charge in [0, 0.05) is 0 Å². The number of nitrogens with zero attached hydrogens (tertiary/aromatic N) is 1. The number of rotatable bonds is 4. The van der Waals surface area contributed by atoms with Crippen molar-refractivity contribution in [2.75, 3.05) is 0 Å². The van der Waals surface area contributed by atoms with Crippen molar-refractivity contribution in [3.63, 3.8) is 0 Å². The SMILES string of the molecule is C=CCC1([C@H]2CC[C@H](c3ccc(C#N)cc3)CC2)CCCCC1. The van der Waals surface area contributed by atoms with Crippen molar-refractivity contribution < 1.29 is 0 Å². The first kappa shape index (κ1) is 16.3. The smallest absolute Gasteiger partial charge is 0.0991 e. The summed E-state index contributed by atoms with van der Waals surface area (Å²) in [4.78, 5) is 0. The van der Waals surface area contributed by atoms with Gasteiger partial charge < -0.3 is 0 Å². The predicted molar refractivity (Wildman–Crippen MR) is 96.2 cm³/mol. The summed E-state index contributed by atoms with van der Waals surface area (Å²) in [7, 11) is 0. The first-order valence-corrected chi connectivity index (χ1v) is 9.38. The number of hydrogen-bond acceptors (Lipinski definition) is 1. The van der Waals surface area contributed by atoms with Crippen molar-refractivity contribution >= 4 is 0 Å². The first-order chi connectivity index (χ1) is 11.3. The zero-order chi connectivity index (χ0) is 16.1. The highest BCUT2D eigenvalue weighted by Crippen LogP contribution is 2.52. The molecule has 0 saturated heterocycles. The Morgan fingerprint density at radius 2 is 1.70 bits per heavy atom. The van der Waals surface area contributed by atoms with Crippen molar-refractivity contribution in [2.24, 2.45) is 11.3 Å². The Bertz CT molecular complexity index is 549. The number of hydrogen-bond donors (Lipinski definition) is 0. The number of allylic oxidation sites excluding steroid dienone is 1. The molecule has 0 unspecified atom stereocenters. The molecule has 0 bridgehead atoms. The van der Waals surface area contributed by atoms with E-state index >= 15 is 0 Å². The van der Waals surface area contributed by atoms with E-state index in [0.717, 1.165) is 11.5 Å². The zero-order valence-corrected chi connectivity index (χ0v) is 14.3. The van der Waals surface area contributed by atoms with Gasteiger partial charge in [0.1, 0.15) is 0 Å². The fraction of sp³-hybridized carbons (Fsp3) is 0.591. The fourth-order valence-electron chi connectivity index (χ4n) is 5.19. The largest absolute Gasteiger partial charge is 0.192 e. The predicted octanol–water partition coefficient (Wildman–Crippen LogP) is 6.36. The van der Waals surface area contributed by atoms with Crippen LogP contribution in [0.1, 0.15) is 81.3 Å². The van der Waals surface area contributed by atoms with Crippen LogP contribution in [0.25, 0.3) is 0 Å². The summed E-state index contributed by atoms with van der Waals surface area (Å²) in [5.74, 6) is 1.60. The molecule has 2 aliphatic carbocycles. The minimum Gasteiger partial charge on any atom is -0.192 e. The molecule has 0 aliphatic heterocycles. The van der Waals surface area contributed by atoms with Gasteiger partial charge in [0.15, 0.2) is 0 Å². The Labute approximate surface area is 141 Å². The molecule has 3 rings (SSSR count). The molecule has 0 N–H and O–H groups in total. The van der Waals surface area contributed by atoms with Crippen LogP contribution in [0.3, 0.4) is 0 Å². The van der Waals surface area contributed by atoms with Crippen LogP contribution in [-0.2, 0) is 0 Å². The molecule has 2 aliphatic rings. The van der Waals surface area contributed by atoms with E-state index in [1.54, 1.807) is 0 Å². The van der Waals surface area contributed by atoms with Crippen LogP contribution in [0, 0.1) is 22.7 Å². The van der Waals surface area contributed by atoms with Crippen LogP contribution < -0.4 is 0 Å². The molecule has 1 heteroatoms. The fourth-order valence-corrected chi connectivity index (χ4v) is 5.19. The Morgan fingerprint density at radius 1 is 1.04 bits per heavy atom. The Morgan fingerprint density at radius 3 is 2.26 bits per heavy atom. The Kier molecular flexibility index (Phi) is 5.21. The quantitative estimate of drug-likeness (QED) is 0.594. The Balaban J connectivity index is 1.64. The van der Waals surface area contributed by atoms with Crippen LogP contribution in [0.15, 0.2) is 36.9 Å². The van der Waals surface area contributed by atoms with E-state index in [2.05, 4.69) is 30.9 Å². The third-order valence-corrected chi connectivity index (χ3v) is 6.50.